The van der Waals surface area contributed by atoms with Crippen molar-refractivity contribution in [2.45, 2.75) is 46.0 Å². The minimum atomic E-state index is -0.410. The molecular weight excluding hydrogens is 268 g/mol. The lowest BCUT2D eigenvalue weighted by Crippen LogP contribution is -2.30. The van der Waals surface area contributed by atoms with Crippen LogP contribution < -0.4 is 5.32 Å². The molecule has 2 rings (SSSR count). The lowest BCUT2D eigenvalue weighted by Gasteiger charge is -2.21. The number of hydrogen-bond donors (Lipinski definition) is 2. The summed E-state index contributed by atoms with van der Waals surface area (Å²) in [5, 5.41) is 2.98. The Hall–Kier alpha value is -1.78. The van der Waals surface area contributed by atoms with Gasteiger partial charge < -0.3 is 15.0 Å². The number of carbonyl (C=O) groups is 2. The lowest BCUT2D eigenvalue weighted by atomic mass is 9.89. The second-order valence-corrected chi connectivity index (χ2v) is 5.83. The smallest absolute Gasteiger partial charge is 0.339 e. The number of aryl methyl sites for hydroxylation is 1. The summed E-state index contributed by atoms with van der Waals surface area (Å²) in [7, 11) is 1.34. The minimum Gasteiger partial charge on any atom is -0.465 e. The largest absolute Gasteiger partial charge is 0.465 e. The molecule has 0 aromatic carbocycles. The fraction of sp³-hybridized carbons (Fsp3) is 0.625. The number of aromatic nitrogens is 1. The molecule has 0 spiro atoms. The predicted molar refractivity (Wildman–Crippen MR) is 80.5 cm³/mol. The highest BCUT2D eigenvalue weighted by atomic mass is 16.5. The van der Waals surface area contributed by atoms with Crippen molar-refractivity contribution >= 4 is 11.9 Å². The van der Waals surface area contributed by atoms with Crippen LogP contribution in [0.3, 0.4) is 0 Å². The van der Waals surface area contributed by atoms with Gasteiger partial charge in [-0.25, -0.2) is 4.79 Å². The summed E-state index contributed by atoms with van der Waals surface area (Å²) in [5.74, 6) is 0.0306. The first-order valence-corrected chi connectivity index (χ1v) is 7.60. The van der Waals surface area contributed by atoms with E-state index in [1.54, 1.807) is 13.8 Å². The Kier molecular flexibility index (Phi) is 5.04. The van der Waals surface area contributed by atoms with E-state index < -0.39 is 5.97 Å². The summed E-state index contributed by atoms with van der Waals surface area (Å²) in [6.07, 6.45) is 6.20. The molecule has 0 atom stereocenters. The molecule has 1 fully saturated rings. The summed E-state index contributed by atoms with van der Waals surface area (Å²) >= 11 is 0. The van der Waals surface area contributed by atoms with E-state index >= 15 is 0 Å². The van der Waals surface area contributed by atoms with Gasteiger partial charge >= 0.3 is 5.97 Å². The summed E-state index contributed by atoms with van der Waals surface area (Å²) < 4.78 is 4.76. The third-order valence-corrected chi connectivity index (χ3v) is 4.33. The summed E-state index contributed by atoms with van der Waals surface area (Å²) in [6, 6.07) is 0. The van der Waals surface area contributed by atoms with Crippen LogP contribution in [0.4, 0.5) is 0 Å². The van der Waals surface area contributed by atoms with Crippen molar-refractivity contribution in [2.75, 3.05) is 13.7 Å². The number of H-pyrrole nitrogens is 1. The van der Waals surface area contributed by atoms with Crippen molar-refractivity contribution in [3.05, 3.63) is 22.5 Å². The molecule has 0 saturated heterocycles. The number of aromatic amines is 1. The Labute approximate surface area is 125 Å². The van der Waals surface area contributed by atoms with Crippen molar-refractivity contribution in [1.82, 2.24) is 10.3 Å². The van der Waals surface area contributed by atoms with Crippen molar-refractivity contribution < 1.29 is 14.3 Å². The van der Waals surface area contributed by atoms with Crippen LogP contribution in [0.1, 0.15) is 64.2 Å². The minimum absolute atomic E-state index is 0.142. The van der Waals surface area contributed by atoms with Crippen LogP contribution in [0.25, 0.3) is 0 Å². The fourth-order valence-corrected chi connectivity index (χ4v) is 3.10. The first kappa shape index (κ1) is 15.6. The number of hydrogen-bond acceptors (Lipinski definition) is 3. The van der Waals surface area contributed by atoms with Crippen LogP contribution in [0.15, 0.2) is 0 Å². The number of methoxy groups -OCH3 is 1. The van der Waals surface area contributed by atoms with E-state index in [1.807, 2.05) is 0 Å². The molecule has 0 aliphatic heterocycles. The highest BCUT2D eigenvalue weighted by molar-refractivity contribution is 6.00. The van der Waals surface area contributed by atoms with Crippen LogP contribution >= 0.6 is 0 Å². The van der Waals surface area contributed by atoms with Gasteiger partial charge in [0.1, 0.15) is 5.69 Å². The van der Waals surface area contributed by atoms with Crippen LogP contribution in [0.5, 0.6) is 0 Å². The van der Waals surface area contributed by atoms with Gasteiger partial charge in [-0.05, 0) is 38.2 Å². The Bertz CT molecular complexity index is 528. The molecule has 0 bridgehead atoms. The molecule has 1 amide bonds. The third kappa shape index (κ3) is 3.46. The molecule has 1 saturated carbocycles. The van der Waals surface area contributed by atoms with Gasteiger partial charge in [-0.15, -0.1) is 0 Å². The molecule has 1 aromatic heterocycles. The molecule has 1 aliphatic rings. The number of esters is 1. The Morgan fingerprint density at radius 1 is 1.24 bits per heavy atom. The van der Waals surface area contributed by atoms with Crippen molar-refractivity contribution in [1.29, 1.82) is 0 Å². The maximum atomic E-state index is 12.3. The summed E-state index contributed by atoms with van der Waals surface area (Å²) in [4.78, 5) is 27.0. The number of ether oxygens (including phenoxy) is 1. The van der Waals surface area contributed by atoms with Gasteiger partial charge in [-0.2, -0.15) is 0 Å². The second kappa shape index (κ2) is 6.78. The number of rotatable bonds is 4. The van der Waals surface area contributed by atoms with Gasteiger partial charge in [0.15, 0.2) is 0 Å². The number of carbonyl (C=O) groups excluding carboxylic acids is 2. The van der Waals surface area contributed by atoms with Gasteiger partial charge in [-0.1, -0.05) is 19.3 Å². The van der Waals surface area contributed by atoms with Crippen LogP contribution in [-0.4, -0.2) is 30.5 Å². The molecule has 2 N–H and O–H groups in total. The van der Waals surface area contributed by atoms with Gasteiger partial charge in [0, 0.05) is 12.2 Å². The topological polar surface area (TPSA) is 71.2 Å². The molecule has 0 unspecified atom stereocenters. The van der Waals surface area contributed by atoms with E-state index in [0.717, 1.165) is 0 Å². The molecule has 116 valence electrons. The normalized spacial score (nSPS) is 15.8. The quantitative estimate of drug-likeness (QED) is 0.838. The average Bonchev–Trinajstić information content (AvgIpc) is 2.80. The van der Waals surface area contributed by atoms with E-state index in [2.05, 4.69) is 10.3 Å². The first-order valence-electron chi connectivity index (χ1n) is 7.60. The molecule has 1 aliphatic carbocycles. The van der Waals surface area contributed by atoms with Gasteiger partial charge in [0.2, 0.25) is 0 Å². The zero-order chi connectivity index (χ0) is 15.4. The highest BCUT2D eigenvalue weighted by Gasteiger charge is 2.23. The van der Waals surface area contributed by atoms with E-state index in [-0.39, 0.29) is 5.91 Å². The molecule has 0 radical (unpaired) electrons. The summed E-state index contributed by atoms with van der Waals surface area (Å²) in [5.41, 5.74) is 2.24. The summed E-state index contributed by atoms with van der Waals surface area (Å²) in [6.45, 7) is 4.26. The fourth-order valence-electron chi connectivity index (χ4n) is 3.10. The predicted octanol–water partition coefficient (Wildman–Crippen LogP) is 2.73. The number of nitrogens with one attached hydrogen (secondary N) is 2. The molecular formula is C16H24N2O3. The van der Waals surface area contributed by atoms with Gasteiger partial charge in [0.05, 0.1) is 12.7 Å². The van der Waals surface area contributed by atoms with Gasteiger partial charge in [-0.3, -0.25) is 4.79 Å². The zero-order valence-corrected chi connectivity index (χ0v) is 13.0. The monoisotopic (exact) mass is 292 g/mol. The Morgan fingerprint density at radius 3 is 2.52 bits per heavy atom. The molecule has 1 aromatic rings. The third-order valence-electron chi connectivity index (χ3n) is 4.33. The van der Waals surface area contributed by atoms with Crippen LogP contribution in [0, 0.1) is 19.8 Å². The van der Waals surface area contributed by atoms with E-state index in [9.17, 15) is 9.59 Å². The van der Waals surface area contributed by atoms with E-state index in [0.29, 0.717) is 35.0 Å². The van der Waals surface area contributed by atoms with Crippen molar-refractivity contribution in [3.63, 3.8) is 0 Å². The van der Waals surface area contributed by atoms with Crippen molar-refractivity contribution in [2.24, 2.45) is 5.92 Å². The molecule has 1 heterocycles. The van der Waals surface area contributed by atoms with Crippen molar-refractivity contribution in [3.8, 4) is 0 Å². The average molecular weight is 292 g/mol. The lowest BCUT2D eigenvalue weighted by molar-refractivity contribution is 0.0599. The molecule has 21 heavy (non-hydrogen) atoms. The maximum Gasteiger partial charge on any atom is 0.339 e. The van der Waals surface area contributed by atoms with E-state index in [4.69, 9.17) is 4.74 Å². The highest BCUT2D eigenvalue weighted by Crippen LogP contribution is 2.23. The van der Waals surface area contributed by atoms with E-state index in [1.165, 1.54) is 39.2 Å². The zero-order valence-electron chi connectivity index (χ0n) is 13.0. The van der Waals surface area contributed by atoms with Gasteiger partial charge in [0.25, 0.3) is 5.91 Å². The number of amides is 1. The van der Waals surface area contributed by atoms with Crippen LogP contribution in [-0.2, 0) is 4.74 Å². The SMILES string of the molecule is COC(=O)c1c(C)[nH]c(C(=O)NCC2CCCCC2)c1C. The molecule has 5 heteroatoms. The Morgan fingerprint density at radius 2 is 1.90 bits per heavy atom. The second-order valence-electron chi connectivity index (χ2n) is 5.83. The van der Waals surface area contributed by atoms with Crippen LogP contribution in [0.2, 0.25) is 0 Å². The first-order chi connectivity index (χ1) is 10.0. The Balaban J connectivity index is 2.03. The maximum absolute atomic E-state index is 12.3. The standard InChI is InChI=1S/C16H24N2O3/c1-10-13(16(20)21-3)11(2)18-14(10)15(19)17-9-12-7-5-4-6-8-12/h12,18H,4-9H2,1-3H3,(H,17,19). The molecule has 5 nitrogen and oxygen atoms in total.